The summed E-state index contributed by atoms with van der Waals surface area (Å²) < 4.78 is 0. The molecule has 0 saturated carbocycles. The van der Waals surface area contributed by atoms with Crippen molar-refractivity contribution in [3.63, 3.8) is 0 Å². The lowest BCUT2D eigenvalue weighted by molar-refractivity contribution is 0.474. The number of hydrogen-bond donors (Lipinski definition) is 3. The van der Waals surface area contributed by atoms with E-state index in [1.807, 2.05) is 36.4 Å². The van der Waals surface area contributed by atoms with Gasteiger partial charge in [-0.1, -0.05) is 71.7 Å². The minimum Gasteiger partial charge on any atom is -0.508 e. The molecule has 0 radical (unpaired) electrons. The monoisotopic (exact) mass is 495 g/mol. The van der Waals surface area contributed by atoms with E-state index in [2.05, 4.69) is 15.0 Å². The Balaban J connectivity index is 1.48. The van der Waals surface area contributed by atoms with E-state index in [4.69, 9.17) is 0 Å². The summed E-state index contributed by atoms with van der Waals surface area (Å²) in [6, 6.07) is 21.3. The molecule has 3 aromatic carbocycles. The molecule has 0 amide bonds. The van der Waals surface area contributed by atoms with Crippen LogP contribution >= 0.6 is 35.3 Å². The molecule has 0 saturated heterocycles. The summed E-state index contributed by atoms with van der Waals surface area (Å²) in [6.45, 7) is 0. The van der Waals surface area contributed by atoms with E-state index in [0.717, 1.165) is 16.7 Å². The second-order valence-corrected chi connectivity index (χ2v) is 9.88. The Bertz CT molecular complexity index is 1030. The quantitative estimate of drug-likeness (QED) is 0.246. The summed E-state index contributed by atoms with van der Waals surface area (Å²) in [5, 5.41) is 30.3. The average Bonchev–Trinajstić information content (AvgIpc) is 2.83. The summed E-state index contributed by atoms with van der Waals surface area (Å²) in [6.07, 6.45) is 0. The highest BCUT2D eigenvalue weighted by atomic mass is 32.2. The third-order valence-corrected chi connectivity index (χ3v) is 7.24. The van der Waals surface area contributed by atoms with Crippen LogP contribution in [0.3, 0.4) is 0 Å². The molecule has 4 aromatic rings. The third-order valence-electron chi connectivity index (χ3n) is 4.49. The van der Waals surface area contributed by atoms with Gasteiger partial charge in [0.25, 0.3) is 0 Å². The zero-order valence-electron chi connectivity index (χ0n) is 17.5. The van der Waals surface area contributed by atoms with Gasteiger partial charge in [-0.05, 0) is 53.1 Å². The van der Waals surface area contributed by atoms with Gasteiger partial charge in [-0.15, -0.1) is 0 Å². The molecule has 33 heavy (non-hydrogen) atoms. The smallest absolute Gasteiger partial charge is 0.192 e. The van der Waals surface area contributed by atoms with E-state index in [9.17, 15) is 15.3 Å². The molecule has 0 bridgehead atoms. The van der Waals surface area contributed by atoms with Crippen LogP contribution in [0, 0.1) is 0 Å². The van der Waals surface area contributed by atoms with Crippen LogP contribution in [0.25, 0.3) is 0 Å². The lowest BCUT2D eigenvalue weighted by Crippen LogP contribution is -1.98. The van der Waals surface area contributed by atoms with Gasteiger partial charge >= 0.3 is 0 Å². The van der Waals surface area contributed by atoms with E-state index in [1.54, 1.807) is 36.4 Å². The van der Waals surface area contributed by atoms with Crippen LogP contribution in [0.4, 0.5) is 0 Å². The molecule has 9 heteroatoms. The average molecular weight is 496 g/mol. The number of hydrogen-bond acceptors (Lipinski definition) is 9. The minimum atomic E-state index is 0.241. The van der Waals surface area contributed by atoms with Crippen LogP contribution < -0.4 is 0 Å². The van der Waals surface area contributed by atoms with Gasteiger partial charge in [-0.2, -0.15) is 15.0 Å². The Hall–Kier alpha value is -2.88. The first-order valence-corrected chi connectivity index (χ1v) is 13.0. The Morgan fingerprint density at radius 2 is 0.667 bits per heavy atom. The van der Waals surface area contributed by atoms with Crippen molar-refractivity contribution >= 4 is 35.3 Å². The highest BCUT2D eigenvalue weighted by Gasteiger charge is 2.10. The zero-order chi connectivity index (χ0) is 23.0. The standard InChI is InChI=1S/C24H21N3O3S3/c28-19-7-1-16(2-8-19)13-31-22-25-23(32-14-17-3-9-20(29)10-4-17)27-24(26-22)33-15-18-5-11-21(30)12-6-18/h1-12,28-30H,13-15H2. The number of aromatic nitrogens is 3. The van der Waals surface area contributed by atoms with Gasteiger partial charge in [0.2, 0.25) is 0 Å². The molecule has 0 aliphatic rings. The maximum Gasteiger partial charge on any atom is 0.192 e. The molecular weight excluding hydrogens is 474 g/mol. The lowest BCUT2D eigenvalue weighted by Gasteiger charge is -2.08. The summed E-state index contributed by atoms with van der Waals surface area (Å²) in [5.41, 5.74) is 3.19. The van der Waals surface area contributed by atoms with Crippen molar-refractivity contribution in [2.75, 3.05) is 0 Å². The predicted octanol–water partition coefficient (Wildman–Crippen LogP) is 5.87. The molecule has 0 aliphatic carbocycles. The number of nitrogens with zero attached hydrogens (tertiary/aromatic N) is 3. The maximum atomic E-state index is 9.48. The van der Waals surface area contributed by atoms with Crippen LogP contribution in [0.15, 0.2) is 88.3 Å². The van der Waals surface area contributed by atoms with E-state index < -0.39 is 0 Å². The normalized spacial score (nSPS) is 10.9. The number of phenols is 3. The number of benzene rings is 3. The molecule has 1 heterocycles. The van der Waals surface area contributed by atoms with Gasteiger partial charge in [0, 0.05) is 17.3 Å². The van der Waals surface area contributed by atoms with E-state index >= 15 is 0 Å². The van der Waals surface area contributed by atoms with E-state index in [1.165, 1.54) is 35.3 Å². The second-order valence-electron chi connectivity index (χ2n) is 7.05. The van der Waals surface area contributed by atoms with Gasteiger partial charge in [0.1, 0.15) is 17.2 Å². The minimum absolute atomic E-state index is 0.241. The number of phenolic OH excluding ortho intramolecular Hbond substituents is 3. The van der Waals surface area contributed by atoms with Crippen molar-refractivity contribution in [1.29, 1.82) is 0 Å². The largest absolute Gasteiger partial charge is 0.508 e. The topological polar surface area (TPSA) is 99.4 Å². The van der Waals surface area contributed by atoms with E-state index in [-0.39, 0.29) is 17.2 Å². The maximum absolute atomic E-state index is 9.48. The summed E-state index contributed by atoms with van der Waals surface area (Å²) in [4.78, 5) is 13.9. The van der Waals surface area contributed by atoms with Crippen molar-refractivity contribution in [2.24, 2.45) is 0 Å². The van der Waals surface area contributed by atoms with Crippen molar-refractivity contribution in [1.82, 2.24) is 15.0 Å². The van der Waals surface area contributed by atoms with Gasteiger partial charge < -0.3 is 15.3 Å². The molecule has 0 spiro atoms. The first-order valence-electron chi connectivity index (χ1n) is 10.0. The fraction of sp³-hybridized carbons (Fsp3) is 0.125. The molecule has 3 N–H and O–H groups in total. The van der Waals surface area contributed by atoms with Crippen LogP contribution in [-0.4, -0.2) is 30.3 Å². The predicted molar refractivity (Wildman–Crippen MR) is 133 cm³/mol. The van der Waals surface area contributed by atoms with Gasteiger partial charge in [0.05, 0.1) is 0 Å². The molecule has 0 unspecified atom stereocenters. The second kappa shape index (κ2) is 11.3. The molecule has 4 rings (SSSR count). The molecule has 6 nitrogen and oxygen atoms in total. The first kappa shape index (κ1) is 23.3. The summed E-state index contributed by atoms with van der Waals surface area (Å²) in [7, 11) is 0. The Kier molecular flexibility index (Phi) is 7.98. The first-order chi connectivity index (χ1) is 16.0. The van der Waals surface area contributed by atoms with E-state index in [0.29, 0.717) is 32.7 Å². The Labute approximate surface area is 204 Å². The van der Waals surface area contributed by atoms with Gasteiger partial charge in [-0.3, -0.25) is 0 Å². The molecule has 0 atom stereocenters. The fourth-order valence-electron chi connectivity index (χ4n) is 2.73. The molecular formula is C24H21N3O3S3. The molecule has 168 valence electrons. The Morgan fingerprint density at radius 1 is 0.424 bits per heavy atom. The molecule has 0 fully saturated rings. The number of rotatable bonds is 9. The van der Waals surface area contributed by atoms with Gasteiger partial charge in [0.15, 0.2) is 15.5 Å². The van der Waals surface area contributed by atoms with Crippen molar-refractivity contribution in [2.45, 2.75) is 32.7 Å². The molecule has 1 aromatic heterocycles. The number of thioether (sulfide) groups is 3. The number of aromatic hydroxyl groups is 3. The lowest BCUT2D eigenvalue weighted by atomic mass is 10.2. The van der Waals surface area contributed by atoms with Gasteiger partial charge in [-0.25, -0.2) is 0 Å². The SMILES string of the molecule is Oc1ccc(CSc2nc(SCc3ccc(O)cc3)nc(SCc3ccc(O)cc3)n2)cc1. The van der Waals surface area contributed by atoms with Crippen LogP contribution in [0.2, 0.25) is 0 Å². The third kappa shape index (κ3) is 7.31. The molecule has 0 aliphatic heterocycles. The zero-order valence-corrected chi connectivity index (χ0v) is 19.9. The van der Waals surface area contributed by atoms with Crippen LogP contribution in [0.1, 0.15) is 16.7 Å². The van der Waals surface area contributed by atoms with Crippen LogP contribution in [-0.2, 0) is 17.3 Å². The Morgan fingerprint density at radius 3 is 0.909 bits per heavy atom. The highest BCUT2D eigenvalue weighted by molar-refractivity contribution is 7.99. The van der Waals surface area contributed by atoms with Crippen molar-refractivity contribution < 1.29 is 15.3 Å². The summed E-state index contributed by atoms with van der Waals surface area (Å²) in [5.74, 6) is 2.75. The van der Waals surface area contributed by atoms with Crippen molar-refractivity contribution in [3.05, 3.63) is 89.5 Å². The summed E-state index contributed by atoms with van der Waals surface area (Å²) >= 11 is 4.55. The van der Waals surface area contributed by atoms with Crippen LogP contribution in [0.5, 0.6) is 17.2 Å². The fourth-order valence-corrected chi connectivity index (χ4v) is 5.28. The van der Waals surface area contributed by atoms with Crippen molar-refractivity contribution in [3.8, 4) is 17.2 Å². The highest BCUT2D eigenvalue weighted by Crippen LogP contribution is 2.29.